The van der Waals surface area contributed by atoms with Crippen LogP contribution in [0, 0.1) is 0 Å². The van der Waals surface area contributed by atoms with E-state index in [1.165, 1.54) is 44.5 Å². The van der Waals surface area contributed by atoms with Gasteiger partial charge in [-0.3, -0.25) is 8.97 Å². The SMILES string of the molecule is c1ccc(-n2c3ccc(N(c4ccc5c(c4)-c4ccccc4C54c5ccccc5-c5ccccc54)c4ccc5c(c4)oc4ccccc45)cc3n3c4ccccc4nc23)cc1. The highest BCUT2D eigenvalue weighted by Crippen LogP contribution is 2.63. The van der Waals surface area contributed by atoms with Gasteiger partial charge in [0.05, 0.1) is 27.5 Å². The molecule has 0 radical (unpaired) electrons. The standard InChI is InChI=1S/C56H34N4O/c1-2-14-35(15-3-1)59-51-31-28-37(33-52(51)60-50-24-12-11-23-49(50)57-55(59)60)58(38-26-29-43-42-19-7-13-25-53(42)61-54(43)34-38)36-27-30-48-44(32-36)41-18-6-10-22-47(41)56(48)45-20-8-4-16-39(45)40-17-5-9-21-46(40)56/h1-34H. The van der Waals surface area contributed by atoms with Gasteiger partial charge in [0, 0.05) is 39.6 Å². The van der Waals surface area contributed by atoms with E-state index in [-0.39, 0.29) is 0 Å². The lowest BCUT2D eigenvalue weighted by atomic mass is 9.70. The Hall–Kier alpha value is -8.15. The van der Waals surface area contributed by atoms with Crippen LogP contribution < -0.4 is 4.90 Å². The summed E-state index contributed by atoms with van der Waals surface area (Å²) >= 11 is 0. The van der Waals surface area contributed by atoms with Crippen LogP contribution in [-0.2, 0) is 5.41 Å². The number of hydrogen-bond acceptors (Lipinski definition) is 3. The van der Waals surface area contributed by atoms with Gasteiger partial charge in [-0.2, -0.15) is 0 Å². The van der Waals surface area contributed by atoms with Crippen molar-refractivity contribution >= 4 is 66.8 Å². The first-order valence-electron chi connectivity index (χ1n) is 20.9. The molecule has 0 amide bonds. The smallest absolute Gasteiger partial charge is 0.220 e. The normalized spacial score (nSPS) is 13.4. The number of fused-ring (bicyclic) bond motifs is 18. The molecule has 0 N–H and O–H groups in total. The minimum absolute atomic E-state index is 0.414. The molecule has 2 aliphatic rings. The summed E-state index contributed by atoms with van der Waals surface area (Å²) in [4.78, 5) is 7.59. The van der Waals surface area contributed by atoms with Crippen LogP contribution in [0.25, 0.3) is 77.7 Å². The second-order valence-corrected chi connectivity index (χ2v) is 16.3. The fourth-order valence-electron chi connectivity index (χ4n) is 10.9. The van der Waals surface area contributed by atoms with Crippen LogP contribution in [0.15, 0.2) is 211 Å². The van der Waals surface area contributed by atoms with Crippen molar-refractivity contribution < 1.29 is 4.42 Å². The molecule has 2 aliphatic carbocycles. The quantitative estimate of drug-likeness (QED) is 0.179. The average molecular weight is 779 g/mol. The maximum Gasteiger partial charge on any atom is 0.220 e. The van der Waals surface area contributed by atoms with Crippen molar-refractivity contribution in [2.75, 3.05) is 4.90 Å². The predicted molar refractivity (Wildman–Crippen MR) is 248 cm³/mol. The molecule has 5 heteroatoms. The van der Waals surface area contributed by atoms with Crippen molar-refractivity contribution in [2.24, 2.45) is 0 Å². The maximum absolute atomic E-state index is 6.54. The van der Waals surface area contributed by atoms with Gasteiger partial charge >= 0.3 is 0 Å². The van der Waals surface area contributed by atoms with Gasteiger partial charge in [-0.05, 0) is 117 Å². The van der Waals surface area contributed by atoms with E-state index in [9.17, 15) is 0 Å². The van der Waals surface area contributed by atoms with Gasteiger partial charge in [0.1, 0.15) is 11.2 Å². The Kier molecular flexibility index (Phi) is 6.43. The highest BCUT2D eigenvalue weighted by atomic mass is 16.3. The number of rotatable bonds is 4. The lowest BCUT2D eigenvalue weighted by Gasteiger charge is -2.31. The zero-order chi connectivity index (χ0) is 39.8. The van der Waals surface area contributed by atoms with E-state index < -0.39 is 5.41 Å². The number of furan rings is 1. The van der Waals surface area contributed by atoms with Crippen LogP contribution in [0.2, 0.25) is 0 Å². The van der Waals surface area contributed by atoms with Gasteiger partial charge in [0.2, 0.25) is 5.78 Å². The molecule has 0 aliphatic heterocycles. The fourth-order valence-corrected chi connectivity index (χ4v) is 10.9. The van der Waals surface area contributed by atoms with Gasteiger partial charge in [-0.1, -0.05) is 127 Å². The molecule has 9 aromatic carbocycles. The first-order chi connectivity index (χ1) is 30.3. The highest BCUT2D eigenvalue weighted by Gasteiger charge is 2.51. The Balaban J connectivity index is 1.04. The molecule has 0 atom stereocenters. The Bertz CT molecular complexity index is 3750. The molecule has 0 fully saturated rings. The van der Waals surface area contributed by atoms with E-state index in [1.807, 2.05) is 12.1 Å². The lowest BCUT2D eigenvalue weighted by molar-refractivity contribution is 0.669. The van der Waals surface area contributed by atoms with Crippen molar-refractivity contribution in [3.8, 4) is 27.9 Å². The minimum atomic E-state index is -0.414. The molecule has 14 rings (SSSR count). The first kappa shape index (κ1) is 32.8. The molecule has 12 aromatic rings. The number of para-hydroxylation sites is 4. The molecule has 0 unspecified atom stereocenters. The molecule has 0 saturated carbocycles. The number of benzene rings is 9. The number of aromatic nitrogens is 3. The maximum atomic E-state index is 6.54. The molecule has 61 heavy (non-hydrogen) atoms. The Labute approximate surface area is 350 Å². The van der Waals surface area contributed by atoms with E-state index >= 15 is 0 Å². The summed E-state index contributed by atoms with van der Waals surface area (Å²) in [6, 6.07) is 74.8. The minimum Gasteiger partial charge on any atom is -0.456 e. The van der Waals surface area contributed by atoms with Gasteiger partial charge in [-0.15, -0.1) is 0 Å². The zero-order valence-corrected chi connectivity index (χ0v) is 32.8. The molecule has 5 nitrogen and oxygen atoms in total. The van der Waals surface area contributed by atoms with Crippen molar-refractivity contribution in [2.45, 2.75) is 5.41 Å². The third kappa shape index (κ3) is 4.26. The summed E-state index contributed by atoms with van der Waals surface area (Å²) in [6.45, 7) is 0. The van der Waals surface area contributed by atoms with E-state index in [4.69, 9.17) is 9.40 Å². The second-order valence-electron chi connectivity index (χ2n) is 16.3. The largest absolute Gasteiger partial charge is 0.456 e. The number of nitrogens with zero attached hydrogens (tertiary/aromatic N) is 4. The van der Waals surface area contributed by atoms with Crippen LogP contribution in [0.3, 0.4) is 0 Å². The molecule has 0 bridgehead atoms. The van der Waals surface area contributed by atoms with Gasteiger partial charge in [-0.25, -0.2) is 4.98 Å². The summed E-state index contributed by atoms with van der Waals surface area (Å²) in [5, 5.41) is 2.22. The summed E-state index contributed by atoms with van der Waals surface area (Å²) in [7, 11) is 0. The monoisotopic (exact) mass is 778 g/mol. The number of imidazole rings is 2. The van der Waals surface area contributed by atoms with Crippen LogP contribution in [0.5, 0.6) is 0 Å². The first-order valence-corrected chi connectivity index (χ1v) is 20.9. The van der Waals surface area contributed by atoms with E-state index in [2.05, 4.69) is 208 Å². The number of hydrogen-bond donors (Lipinski definition) is 0. The molecule has 3 aromatic heterocycles. The van der Waals surface area contributed by atoms with E-state index in [1.54, 1.807) is 0 Å². The average Bonchev–Trinajstić information content (AvgIpc) is 4.10. The molecular formula is C56H34N4O. The molecule has 284 valence electrons. The lowest BCUT2D eigenvalue weighted by Crippen LogP contribution is -2.25. The summed E-state index contributed by atoms with van der Waals surface area (Å²) in [5.74, 6) is 0.881. The van der Waals surface area contributed by atoms with Crippen LogP contribution in [-0.4, -0.2) is 14.0 Å². The number of anilines is 3. The predicted octanol–water partition coefficient (Wildman–Crippen LogP) is 14.1. The molecule has 3 heterocycles. The summed E-state index contributed by atoms with van der Waals surface area (Å²) < 4.78 is 11.1. The third-order valence-corrected chi connectivity index (χ3v) is 13.3. The van der Waals surface area contributed by atoms with E-state index in [0.717, 1.165) is 72.5 Å². The van der Waals surface area contributed by atoms with Crippen molar-refractivity contribution in [3.05, 3.63) is 229 Å². The fraction of sp³-hybridized carbons (Fsp3) is 0.0179. The van der Waals surface area contributed by atoms with Gasteiger partial charge < -0.3 is 9.32 Å². The van der Waals surface area contributed by atoms with Gasteiger partial charge in [0.15, 0.2) is 0 Å². The highest BCUT2D eigenvalue weighted by molar-refractivity contribution is 6.06. The molecule has 0 saturated heterocycles. The summed E-state index contributed by atoms with van der Waals surface area (Å²) in [6.07, 6.45) is 0. The topological polar surface area (TPSA) is 38.6 Å². The Morgan fingerprint density at radius 2 is 0.984 bits per heavy atom. The second kappa shape index (κ2) is 12.0. The Morgan fingerprint density at radius 1 is 0.410 bits per heavy atom. The molecular weight excluding hydrogens is 745 g/mol. The van der Waals surface area contributed by atoms with E-state index in [0.29, 0.717) is 0 Å². The van der Waals surface area contributed by atoms with Crippen LogP contribution >= 0.6 is 0 Å². The summed E-state index contributed by atoms with van der Waals surface area (Å²) in [5.41, 5.74) is 20.1. The Morgan fingerprint density at radius 3 is 1.77 bits per heavy atom. The van der Waals surface area contributed by atoms with Crippen molar-refractivity contribution in [3.63, 3.8) is 0 Å². The van der Waals surface area contributed by atoms with Gasteiger partial charge in [0.25, 0.3) is 0 Å². The zero-order valence-electron chi connectivity index (χ0n) is 32.8. The van der Waals surface area contributed by atoms with Crippen molar-refractivity contribution in [1.82, 2.24) is 14.0 Å². The van der Waals surface area contributed by atoms with Crippen LogP contribution in [0.4, 0.5) is 17.1 Å². The third-order valence-electron chi connectivity index (χ3n) is 13.3. The van der Waals surface area contributed by atoms with Crippen molar-refractivity contribution in [1.29, 1.82) is 0 Å². The van der Waals surface area contributed by atoms with Crippen LogP contribution in [0.1, 0.15) is 22.3 Å². The molecule has 1 spiro atoms.